The molecule has 0 bridgehead atoms. The van der Waals surface area contributed by atoms with Crippen molar-refractivity contribution in [1.82, 2.24) is 10.2 Å². The number of carbonyl (C=O) groups excluding carboxylic acids is 1. The topological polar surface area (TPSA) is 41.6 Å². The van der Waals surface area contributed by atoms with Gasteiger partial charge >= 0.3 is 0 Å². The third-order valence-electron chi connectivity index (χ3n) is 4.00. The van der Waals surface area contributed by atoms with Crippen LogP contribution >= 0.6 is 0 Å². The number of fused-ring (bicyclic) bond motifs is 1. The fourth-order valence-electron chi connectivity index (χ4n) is 2.92. The minimum absolute atomic E-state index is 0.112. The second-order valence-electron chi connectivity index (χ2n) is 5.28. The molecule has 0 spiro atoms. The standard InChI is InChI=1S/C15H20N2O2/c1-11-10-16-7-8-17(11)15(18)14-13-5-3-2-4-12(13)6-9-19-14/h2-5,11,14,16H,6-10H2,1H3/t11-,14-/m1/s1. The van der Waals surface area contributed by atoms with Gasteiger partial charge in [-0.15, -0.1) is 0 Å². The molecular weight excluding hydrogens is 240 g/mol. The van der Waals surface area contributed by atoms with E-state index in [1.165, 1.54) is 5.56 Å². The predicted molar refractivity (Wildman–Crippen MR) is 72.9 cm³/mol. The molecule has 1 aromatic carbocycles. The maximum Gasteiger partial charge on any atom is 0.256 e. The molecule has 0 saturated carbocycles. The molecule has 1 aromatic rings. The summed E-state index contributed by atoms with van der Waals surface area (Å²) in [6.45, 7) is 5.21. The van der Waals surface area contributed by atoms with Gasteiger partial charge in [-0.1, -0.05) is 24.3 Å². The van der Waals surface area contributed by atoms with Gasteiger partial charge in [-0.3, -0.25) is 4.79 Å². The van der Waals surface area contributed by atoms with Crippen molar-refractivity contribution in [2.75, 3.05) is 26.2 Å². The van der Waals surface area contributed by atoms with Crippen LogP contribution in [0.4, 0.5) is 0 Å². The van der Waals surface area contributed by atoms with Crippen LogP contribution in [0.15, 0.2) is 24.3 Å². The normalized spacial score (nSPS) is 26.9. The second-order valence-corrected chi connectivity index (χ2v) is 5.28. The average molecular weight is 260 g/mol. The first kappa shape index (κ1) is 12.6. The largest absolute Gasteiger partial charge is 0.363 e. The third kappa shape index (κ3) is 2.38. The van der Waals surface area contributed by atoms with Crippen LogP contribution in [0.3, 0.4) is 0 Å². The van der Waals surface area contributed by atoms with Crippen LogP contribution in [-0.4, -0.2) is 43.1 Å². The van der Waals surface area contributed by atoms with Crippen LogP contribution < -0.4 is 5.32 Å². The summed E-state index contributed by atoms with van der Waals surface area (Å²) >= 11 is 0. The Hall–Kier alpha value is -1.39. The van der Waals surface area contributed by atoms with Crippen LogP contribution in [0.5, 0.6) is 0 Å². The molecule has 2 heterocycles. The van der Waals surface area contributed by atoms with Gasteiger partial charge in [0, 0.05) is 25.7 Å². The number of carbonyl (C=O) groups is 1. The van der Waals surface area contributed by atoms with Crippen molar-refractivity contribution in [2.45, 2.75) is 25.5 Å². The van der Waals surface area contributed by atoms with Crippen molar-refractivity contribution in [2.24, 2.45) is 0 Å². The van der Waals surface area contributed by atoms with Crippen molar-refractivity contribution in [1.29, 1.82) is 0 Å². The molecule has 0 aliphatic carbocycles. The quantitative estimate of drug-likeness (QED) is 0.823. The minimum atomic E-state index is -0.412. The highest BCUT2D eigenvalue weighted by molar-refractivity contribution is 5.83. The van der Waals surface area contributed by atoms with Gasteiger partial charge in [0.05, 0.1) is 6.61 Å². The lowest BCUT2D eigenvalue weighted by molar-refractivity contribution is -0.148. The van der Waals surface area contributed by atoms with Crippen LogP contribution in [0.2, 0.25) is 0 Å². The molecule has 1 amide bonds. The molecule has 1 fully saturated rings. The summed E-state index contributed by atoms with van der Waals surface area (Å²) in [5.41, 5.74) is 2.29. The van der Waals surface area contributed by atoms with E-state index in [-0.39, 0.29) is 11.9 Å². The van der Waals surface area contributed by atoms with Crippen LogP contribution in [-0.2, 0) is 16.0 Å². The minimum Gasteiger partial charge on any atom is -0.363 e. The van der Waals surface area contributed by atoms with E-state index in [1.807, 2.05) is 23.1 Å². The van der Waals surface area contributed by atoms with E-state index in [9.17, 15) is 4.79 Å². The first-order valence-corrected chi connectivity index (χ1v) is 6.98. The van der Waals surface area contributed by atoms with Crippen LogP contribution in [0.1, 0.15) is 24.2 Å². The van der Waals surface area contributed by atoms with Crippen molar-refractivity contribution >= 4 is 5.91 Å². The lowest BCUT2D eigenvalue weighted by Gasteiger charge is -2.37. The monoisotopic (exact) mass is 260 g/mol. The van der Waals surface area contributed by atoms with E-state index >= 15 is 0 Å². The zero-order valence-corrected chi connectivity index (χ0v) is 11.3. The summed E-state index contributed by atoms with van der Waals surface area (Å²) in [5.74, 6) is 0.112. The first-order chi connectivity index (χ1) is 9.27. The van der Waals surface area contributed by atoms with Gasteiger partial charge in [-0.2, -0.15) is 0 Å². The molecule has 19 heavy (non-hydrogen) atoms. The van der Waals surface area contributed by atoms with Crippen LogP contribution in [0, 0.1) is 0 Å². The molecule has 0 radical (unpaired) electrons. The molecule has 2 aliphatic rings. The fraction of sp³-hybridized carbons (Fsp3) is 0.533. The molecule has 0 unspecified atom stereocenters. The number of hydrogen-bond donors (Lipinski definition) is 1. The number of hydrogen-bond acceptors (Lipinski definition) is 3. The lowest BCUT2D eigenvalue weighted by Crippen LogP contribution is -2.54. The molecule has 1 saturated heterocycles. The number of rotatable bonds is 1. The zero-order valence-electron chi connectivity index (χ0n) is 11.3. The van der Waals surface area contributed by atoms with Gasteiger partial charge in [0.25, 0.3) is 5.91 Å². The molecule has 2 aliphatic heterocycles. The zero-order chi connectivity index (χ0) is 13.2. The Balaban J connectivity index is 1.84. The van der Waals surface area contributed by atoms with E-state index in [4.69, 9.17) is 4.74 Å². The number of amides is 1. The number of nitrogens with zero attached hydrogens (tertiary/aromatic N) is 1. The number of piperazine rings is 1. The SMILES string of the molecule is C[C@@H]1CNCCN1C(=O)[C@@H]1OCCc2ccccc21. The second kappa shape index (κ2) is 5.31. The maximum absolute atomic E-state index is 12.7. The number of nitrogens with one attached hydrogen (secondary N) is 1. The first-order valence-electron chi connectivity index (χ1n) is 6.98. The molecule has 0 aromatic heterocycles. The Bertz CT molecular complexity index is 475. The van der Waals surface area contributed by atoms with Gasteiger partial charge in [0.2, 0.25) is 0 Å². The fourth-order valence-corrected chi connectivity index (χ4v) is 2.92. The summed E-state index contributed by atoms with van der Waals surface area (Å²) in [6.07, 6.45) is 0.488. The Labute approximate surface area is 113 Å². The van der Waals surface area contributed by atoms with E-state index < -0.39 is 6.10 Å². The third-order valence-corrected chi connectivity index (χ3v) is 4.00. The highest BCUT2D eigenvalue weighted by Gasteiger charge is 2.33. The Morgan fingerprint density at radius 1 is 1.42 bits per heavy atom. The number of ether oxygens (including phenoxy) is 1. The molecule has 102 valence electrons. The molecule has 1 N–H and O–H groups in total. The van der Waals surface area contributed by atoms with E-state index in [1.54, 1.807) is 0 Å². The van der Waals surface area contributed by atoms with Gasteiger partial charge in [-0.25, -0.2) is 0 Å². The van der Waals surface area contributed by atoms with Crippen molar-refractivity contribution in [3.63, 3.8) is 0 Å². The molecular formula is C15H20N2O2. The van der Waals surface area contributed by atoms with E-state index in [0.29, 0.717) is 6.61 Å². The number of benzene rings is 1. The molecule has 4 nitrogen and oxygen atoms in total. The van der Waals surface area contributed by atoms with Gasteiger partial charge in [0.15, 0.2) is 6.10 Å². The summed E-state index contributed by atoms with van der Waals surface area (Å²) in [4.78, 5) is 14.6. The Kier molecular flexibility index (Phi) is 3.53. The van der Waals surface area contributed by atoms with Crippen LogP contribution in [0.25, 0.3) is 0 Å². The summed E-state index contributed by atoms with van der Waals surface area (Å²) in [7, 11) is 0. The van der Waals surface area contributed by atoms with Crippen molar-refractivity contribution < 1.29 is 9.53 Å². The summed E-state index contributed by atoms with van der Waals surface area (Å²) in [6, 6.07) is 8.36. The maximum atomic E-state index is 12.7. The van der Waals surface area contributed by atoms with Gasteiger partial charge in [-0.05, 0) is 24.5 Å². The van der Waals surface area contributed by atoms with E-state index in [2.05, 4.69) is 18.3 Å². The average Bonchev–Trinajstić information content (AvgIpc) is 2.46. The van der Waals surface area contributed by atoms with Crippen molar-refractivity contribution in [3.8, 4) is 0 Å². The highest BCUT2D eigenvalue weighted by Crippen LogP contribution is 2.29. The van der Waals surface area contributed by atoms with Gasteiger partial charge < -0.3 is 15.0 Å². The lowest BCUT2D eigenvalue weighted by atomic mass is 9.96. The molecule has 2 atom stereocenters. The Morgan fingerprint density at radius 2 is 2.26 bits per heavy atom. The van der Waals surface area contributed by atoms with E-state index in [0.717, 1.165) is 31.6 Å². The van der Waals surface area contributed by atoms with Gasteiger partial charge in [0.1, 0.15) is 0 Å². The molecule has 4 heteroatoms. The highest BCUT2D eigenvalue weighted by atomic mass is 16.5. The predicted octanol–water partition coefficient (Wildman–Crippen LogP) is 1.12. The smallest absolute Gasteiger partial charge is 0.256 e. The Morgan fingerprint density at radius 3 is 3.11 bits per heavy atom. The summed E-state index contributed by atoms with van der Waals surface area (Å²) in [5, 5.41) is 3.31. The molecule has 3 rings (SSSR count). The summed E-state index contributed by atoms with van der Waals surface area (Å²) < 4.78 is 5.76. The van der Waals surface area contributed by atoms with Crippen molar-refractivity contribution in [3.05, 3.63) is 35.4 Å².